The van der Waals surface area contributed by atoms with Crippen LogP contribution in [0.2, 0.25) is 0 Å². The third-order valence-electron chi connectivity index (χ3n) is 3.49. The fraction of sp³-hybridized carbons (Fsp3) is 0.385. The van der Waals surface area contributed by atoms with Crippen LogP contribution in [0.3, 0.4) is 0 Å². The molecule has 0 unspecified atom stereocenters. The highest BCUT2D eigenvalue weighted by Crippen LogP contribution is 2.17. The Morgan fingerprint density at radius 3 is 2.84 bits per heavy atom. The van der Waals surface area contributed by atoms with Gasteiger partial charge in [-0.15, -0.1) is 0 Å². The van der Waals surface area contributed by atoms with Gasteiger partial charge in [-0.2, -0.15) is 0 Å². The Morgan fingerprint density at radius 2 is 2.11 bits per heavy atom. The molecule has 0 aliphatic carbocycles. The Bertz CT molecular complexity index is 685. The molecule has 1 N–H and O–H groups in total. The van der Waals surface area contributed by atoms with Gasteiger partial charge in [-0.1, -0.05) is 0 Å². The van der Waals surface area contributed by atoms with Gasteiger partial charge >= 0.3 is 0 Å². The van der Waals surface area contributed by atoms with E-state index in [0.29, 0.717) is 10.3 Å². The summed E-state index contributed by atoms with van der Waals surface area (Å²) in [5.74, 6) is -0.289. The molecular formula is C13H14FN3OS. The molecular weight excluding hydrogens is 265 g/mol. The number of carbonyl (C=O) groups is 1. The molecule has 4 nitrogen and oxygen atoms in total. The minimum Gasteiger partial charge on any atom is -0.341 e. The molecule has 1 aliphatic rings. The molecule has 1 aliphatic heterocycles. The number of rotatable bonds is 2. The van der Waals surface area contributed by atoms with E-state index >= 15 is 0 Å². The summed E-state index contributed by atoms with van der Waals surface area (Å²) in [4.78, 5) is 17.0. The van der Waals surface area contributed by atoms with Crippen LogP contribution in [0.15, 0.2) is 18.2 Å². The molecule has 3 rings (SSSR count). The molecule has 0 radical (unpaired) electrons. The number of halogens is 1. The largest absolute Gasteiger partial charge is 0.341 e. The number of hydrogen-bond donors (Lipinski definition) is 1. The molecule has 0 bridgehead atoms. The zero-order valence-corrected chi connectivity index (χ0v) is 11.2. The first-order valence-corrected chi connectivity index (χ1v) is 6.72. The molecule has 0 atom stereocenters. The van der Waals surface area contributed by atoms with Crippen molar-refractivity contribution in [3.8, 4) is 0 Å². The van der Waals surface area contributed by atoms with Crippen molar-refractivity contribution in [1.29, 1.82) is 0 Å². The zero-order valence-electron chi connectivity index (χ0n) is 10.4. The predicted octanol–water partition coefficient (Wildman–Crippen LogP) is 2.46. The van der Waals surface area contributed by atoms with E-state index in [0.717, 1.165) is 31.4 Å². The lowest BCUT2D eigenvalue weighted by molar-refractivity contribution is -0.130. The van der Waals surface area contributed by atoms with Gasteiger partial charge in [0.2, 0.25) is 5.91 Å². The van der Waals surface area contributed by atoms with Crippen molar-refractivity contribution < 1.29 is 9.18 Å². The lowest BCUT2D eigenvalue weighted by atomic mass is 10.3. The van der Waals surface area contributed by atoms with Crippen molar-refractivity contribution in [3.63, 3.8) is 0 Å². The summed E-state index contributed by atoms with van der Waals surface area (Å²) in [7, 11) is 0. The van der Waals surface area contributed by atoms with E-state index in [2.05, 4.69) is 4.98 Å². The van der Waals surface area contributed by atoms with Crippen LogP contribution in [0.1, 0.15) is 12.8 Å². The molecule has 0 spiro atoms. The number of nitrogens with one attached hydrogen (secondary N) is 1. The van der Waals surface area contributed by atoms with Crippen LogP contribution in [0.25, 0.3) is 11.0 Å². The topological polar surface area (TPSA) is 41.0 Å². The zero-order chi connectivity index (χ0) is 13.4. The van der Waals surface area contributed by atoms with Gasteiger partial charge in [0.05, 0.1) is 11.0 Å². The SMILES string of the molecule is O=C(Cn1c(=S)[nH]c2ccc(F)cc21)N1CCCC1. The smallest absolute Gasteiger partial charge is 0.242 e. The summed E-state index contributed by atoms with van der Waals surface area (Å²) >= 11 is 5.20. The lowest BCUT2D eigenvalue weighted by Gasteiger charge is -2.15. The highest BCUT2D eigenvalue weighted by atomic mass is 32.1. The molecule has 1 aromatic carbocycles. The Kier molecular flexibility index (Phi) is 3.10. The van der Waals surface area contributed by atoms with Gasteiger partial charge in [0.15, 0.2) is 4.77 Å². The van der Waals surface area contributed by atoms with Crippen LogP contribution in [0.4, 0.5) is 4.39 Å². The van der Waals surface area contributed by atoms with Crippen molar-refractivity contribution in [2.45, 2.75) is 19.4 Å². The van der Waals surface area contributed by atoms with Gasteiger partial charge < -0.3 is 14.5 Å². The Labute approximate surface area is 114 Å². The normalized spacial score (nSPS) is 15.3. The lowest BCUT2D eigenvalue weighted by Crippen LogP contribution is -2.31. The quantitative estimate of drug-likeness (QED) is 0.858. The Balaban J connectivity index is 1.95. The number of hydrogen-bond acceptors (Lipinski definition) is 2. The summed E-state index contributed by atoms with van der Waals surface area (Å²) in [6.45, 7) is 1.79. The van der Waals surface area contributed by atoms with E-state index in [-0.39, 0.29) is 18.3 Å². The van der Waals surface area contributed by atoms with Crippen molar-refractivity contribution in [1.82, 2.24) is 14.5 Å². The molecule has 6 heteroatoms. The molecule has 2 heterocycles. The first-order valence-electron chi connectivity index (χ1n) is 6.31. The minimum absolute atomic E-state index is 0.0405. The fourth-order valence-corrected chi connectivity index (χ4v) is 2.76. The summed E-state index contributed by atoms with van der Waals surface area (Å²) in [6.07, 6.45) is 2.11. The number of nitrogens with zero attached hydrogens (tertiary/aromatic N) is 2. The van der Waals surface area contributed by atoms with Gasteiger partial charge in [-0.05, 0) is 43.3 Å². The molecule has 19 heavy (non-hydrogen) atoms. The standard InChI is InChI=1S/C13H14FN3OS/c14-9-3-4-10-11(7-9)17(13(19)15-10)8-12(18)16-5-1-2-6-16/h3-4,7H,1-2,5-6,8H2,(H,15,19). The number of aromatic amines is 1. The molecule has 100 valence electrons. The summed E-state index contributed by atoms with van der Waals surface area (Å²) in [5.41, 5.74) is 1.39. The molecule has 1 amide bonds. The van der Waals surface area contributed by atoms with E-state index < -0.39 is 0 Å². The van der Waals surface area contributed by atoms with Crippen molar-refractivity contribution >= 4 is 29.2 Å². The highest BCUT2D eigenvalue weighted by Gasteiger charge is 2.19. The van der Waals surface area contributed by atoms with Crippen LogP contribution < -0.4 is 0 Å². The van der Waals surface area contributed by atoms with E-state index in [1.54, 1.807) is 10.6 Å². The van der Waals surface area contributed by atoms with Crippen LogP contribution in [-0.2, 0) is 11.3 Å². The fourth-order valence-electron chi connectivity index (χ4n) is 2.48. The summed E-state index contributed by atoms with van der Waals surface area (Å²) in [5, 5.41) is 0. The number of amides is 1. The molecule has 1 fully saturated rings. The van der Waals surface area contributed by atoms with E-state index in [1.807, 2.05) is 4.90 Å². The first-order chi connectivity index (χ1) is 9.15. The Hall–Kier alpha value is -1.69. The maximum absolute atomic E-state index is 13.3. The van der Waals surface area contributed by atoms with Crippen molar-refractivity contribution in [2.24, 2.45) is 0 Å². The van der Waals surface area contributed by atoms with E-state index in [9.17, 15) is 9.18 Å². The number of H-pyrrole nitrogens is 1. The molecule has 1 saturated heterocycles. The average Bonchev–Trinajstić information content (AvgIpc) is 2.99. The van der Waals surface area contributed by atoms with Crippen LogP contribution in [0.5, 0.6) is 0 Å². The molecule has 1 aromatic heterocycles. The maximum atomic E-state index is 13.3. The van der Waals surface area contributed by atoms with Crippen molar-refractivity contribution in [2.75, 3.05) is 13.1 Å². The summed E-state index contributed by atoms with van der Waals surface area (Å²) < 4.78 is 15.4. The number of aromatic nitrogens is 2. The second-order valence-electron chi connectivity index (χ2n) is 4.77. The van der Waals surface area contributed by atoms with Gasteiger partial charge in [-0.25, -0.2) is 4.39 Å². The minimum atomic E-state index is -0.330. The molecule has 2 aromatic rings. The monoisotopic (exact) mass is 279 g/mol. The van der Waals surface area contributed by atoms with Gasteiger partial charge in [0.1, 0.15) is 12.4 Å². The van der Waals surface area contributed by atoms with Gasteiger partial charge in [0.25, 0.3) is 0 Å². The van der Waals surface area contributed by atoms with Crippen LogP contribution >= 0.6 is 12.2 Å². The van der Waals surface area contributed by atoms with Crippen LogP contribution in [-0.4, -0.2) is 33.4 Å². The summed E-state index contributed by atoms with van der Waals surface area (Å²) in [6, 6.07) is 4.41. The van der Waals surface area contributed by atoms with Crippen LogP contribution in [0, 0.1) is 10.6 Å². The highest BCUT2D eigenvalue weighted by molar-refractivity contribution is 7.71. The number of imidazole rings is 1. The van der Waals surface area contributed by atoms with Crippen molar-refractivity contribution in [3.05, 3.63) is 28.8 Å². The van der Waals surface area contributed by atoms with E-state index in [1.165, 1.54) is 12.1 Å². The predicted molar refractivity (Wildman–Crippen MR) is 72.9 cm³/mol. The molecule has 0 saturated carbocycles. The second kappa shape index (κ2) is 4.77. The maximum Gasteiger partial charge on any atom is 0.242 e. The Morgan fingerprint density at radius 1 is 1.37 bits per heavy atom. The number of fused-ring (bicyclic) bond motifs is 1. The average molecular weight is 279 g/mol. The van der Waals surface area contributed by atoms with Gasteiger partial charge in [-0.3, -0.25) is 4.79 Å². The number of benzene rings is 1. The third-order valence-corrected chi connectivity index (χ3v) is 3.81. The first kappa shape index (κ1) is 12.3. The van der Waals surface area contributed by atoms with E-state index in [4.69, 9.17) is 12.2 Å². The third kappa shape index (κ3) is 2.28. The van der Waals surface area contributed by atoms with Gasteiger partial charge in [0, 0.05) is 13.1 Å². The number of carbonyl (C=O) groups excluding carboxylic acids is 1. The number of likely N-dealkylation sites (tertiary alicyclic amines) is 1. The second-order valence-corrected chi connectivity index (χ2v) is 5.15.